The predicted octanol–water partition coefficient (Wildman–Crippen LogP) is 14.8. The number of hydrogen-bond acceptors (Lipinski definition) is 1. The van der Waals surface area contributed by atoms with Gasteiger partial charge in [-0.25, -0.2) is 0 Å². The first-order chi connectivity index (χ1) is 28.7. The summed E-state index contributed by atoms with van der Waals surface area (Å²) in [5.41, 5.74) is 18.3. The molecule has 1 aliphatic heterocycles. The summed E-state index contributed by atoms with van der Waals surface area (Å²) in [6.45, 7) is 6.30. The van der Waals surface area contributed by atoms with Crippen LogP contribution in [0.4, 0.5) is 11.4 Å². The average Bonchev–Trinajstić information content (AvgIpc) is 3.65. The van der Waals surface area contributed by atoms with E-state index >= 15 is 0 Å². The molecule has 2 aliphatic rings. The Morgan fingerprint density at radius 2 is 1.14 bits per heavy atom. The van der Waals surface area contributed by atoms with E-state index in [0.29, 0.717) is 0 Å². The third kappa shape index (κ3) is 6.24. The van der Waals surface area contributed by atoms with Gasteiger partial charge >= 0.3 is 0 Å². The normalized spacial score (nSPS) is 15.8. The Balaban J connectivity index is 1.01. The van der Waals surface area contributed by atoms with Gasteiger partial charge in [-0.1, -0.05) is 146 Å². The standard InChI is InChI=1S/C56H44N2/c1-3-16-53-49(4-2)50-22-11-13-25-54(50)57(53)47-31-27-40(28-32-47)42-19-15-20-43(35-42)46-37-44(39-17-7-5-8-18-39)36-45(38-46)41-29-33-48(34-30-41)58-55-24-10-6-9-21-51(55)52-23-12-14-26-56(52)58/h3-20,22-38,49,53H,2,21H2,1H3/b16-3-. The number of anilines is 2. The Labute approximate surface area is 341 Å². The SMILES string of the molecule is C=CC1c2ccccc2N(c2ccc(-c3cccc(-c4cc(-c5ccccc5)cc(-c5ccc(-n6c7c(c8ccccc86)CC=CC=C7)cc5)c4)c3)cc2)C1/C=C\C. The highest BCUT2D eigenvalue weighted by atomic mass is 15.2. The van der Waals surface area contributed by atoms with Crippen molar-refractivity contribution in [1.82, 2.24) is 4.57 Å². The molecule has 2 unspecified atom stereocenters. The first kappa shape index (κ1) is 35.3. The van der Waals surface area contributed by atoms with Crippen molar-refractivity contribution in [2.24, 2.45) is 0 Å². The molecule has 0 saturated heterocycles. The molecule has 0 spiro atoms. The summed E-state index contributed by atoms with van der Waals surface area (Å²) < 4.78 is 2.41. The Kier molecular flexibility index (Phi) is 9.16. The lowest BCUT2D eigenvalue weighted by Gasteiger charge is -2.27. The topological polar surface area (TPSA) is 8.17 Å². The van der Waals surface area contributed by atoms with Gasteiger partial charge in [0.05, 0.1) is 17.3 Å². The lowest BCUT2D eigenvalue weighted by atomic mass is 9.92. The molecule has 0 saturated carbocycles. The molecule has 58 heavy (non-hydrogen) atoms. The number of hydrogen-bond donors (Lipinski definition) is 0. The molecular formula is C56H44N2. The fraction of sp³-hybridized carbons (Fsp3) is 0.0714. The van der Waals surface area contributed by atoms with E-state index in [1.165, 1.54) is 83.6 Å². The molecule has 2 atom stereocenters. The lowest BCUT2D eigenvalue weighted by Crippen LogP contribution is -2.27. The van der Waals surface area contributed by atoms with Crippen LogP contribution in [0.15, 0.2) is 213 Å². The van der Waals surface area contributed by atoms with Gasteiger partial charge in [-0.3, -0.25) is 0 Å². The van der Waals surface area contributed by atoms with E-state index in [4.69, 9.17) is 0 Å². The van der Waals surface area contributed by atoms with Crippen LogP contribution in [0.25, 0.3) is 67.2 Å². The Morgan fingerprint density at radius 1 is 0.552 bits per heavy atom. The summed E-state index contributed by atoms with van der Waals surface area (Å²) in [6, 6.07) is 62.5. The molecule has 1 aromatic heterocycles. The van der Waals surface area contributed by atoms with Gasteiger partial charge in [0.15, 0.2) is 0 Å². The van der Waals surface area contributed by atoms with Crippen LogP contribution in [0.5, 0.6) is 0 Å². The van der Waals surface area contributed by atoms with Crippen molar-refractivity contribution in [3.05, 3.63) is 230 Å². The van der Waals surface area contributed by atoms with E-state index in [1.54, 1.807) is 0 Å². The molecule has 0 N–H and O–H groups in total. The lowest BCUT2D eigenvalue weighted by molar-refractivity contribution is 0.752. The third-order valence-electron chi connectivity index (χ3n) is 11.9. The third-order valence-corrected chi connectivity index (χ3v) is 11.9. The quantitative estimate of drug-likeness (QED) is 0.141. The van der Waals surface area contributed by atoms with Gasteiger partial charge in [0.2, 0.25) is 0 Å². The second kappa shape index (κ2) is 15.1. The first-order valence-electron chi connectivity index (χ1n) is 20.3. The molecule has 0 bridgehead atoms. The highest BCUT2D eigenvalue weighted by Gasteiger charge is 2.35. The minimum Gasteiger partial charge on any atom is -0.333 e. The van der Waals surface area contributed by atoms with Crippen molar-refractivity contribution >= 4 is 28.4 Å². The smallest absolute Gasteiger partial charge is 0.0626 e. The van der Waals surface area contributed by atoms with Gasteiger partial charge in [0.25, 0.3) is 0 Å². The van der Waals surface area contributed by atoms with Gasteiger partial charge in [-0.05, 0) is 136 Å². The molecule has 278 valence electrons. The number of allylic oxidation sites excluding steroid dienone is 4. The fourth-order valence-electron chi connectivity index (χ4n) is 9.13. The zero-order chi connectivity index (χ0) is 39.0. The maximum atomic E-state index is 4.21. The van der Waals surface area contributed by atoms with Crippen molar-refractivity contribution < 1.29 is 0 Å². The highest BCUT2D eigenvalue weighted by Crippen LogP contribution is 2.47. The Morgan fingerprint density at radius 3 is 1.88 bits per heavy atom. The van der Waals surface area contributed by atoms with E-state index in [0.717, 1.165) is 12.1 Å². The molecule has 10 rings (SSSR count). The number of aromatic nitrogens is 1. The Hall–Kier alpha value is -7.16. The molecule has 1 aliphatic carbocycles. The van der Waals surface area contributed by atoms with Crippen molar-refractivity contribution in [2.45, 2.75) is 25.3 Å². The number of fused-ring (bicyclic) bond motifs is 4. The summed E-state index contributed by atoms with van der Waals surface area (Å²) in [5.74, 6) is 0.239. The van der Waals surface area contributed by atoms with Gasteiger partial charge in [0, 0.05) is 28.4 Å². The molecule has 2 nitrogen and oxygen atoms in total. The van der Waals surface area contributed by atoms with Crippen LogP contribution in [0.1, 0.15) is 29.7 Å². The number of para-hydroxylation sites is 2. The van der Waals surface area contributed by atoms with E-state index in [1.807, 2.05) is 0 Å². The molecule has 8 aromatic rings. The van der Waals surface area contributed by atoms with Gasteiger partial charge in [-0.2, -0.15) is 0 Å². The van der Waals surface area contributed by atoms with Crippen molar-refractivity contribution in [1.29, 1.82) is 0 Å². The summed E-state index contributed by atoms with van der Waals surface area (Å²) in [5, 5.41) is 1.31. The molecular weight excluding hydrogens is 701 g/mol. The van der Waals surface area contributed by atoms with Crippen LogP contribution >= 0.6 is 0 Å². The van der Waals surface area contributed by atoms with Crippen LogP contribution in [0.2, 0.25) is 0 Å². The molecule has 0 fully saturated rings. The number of nitrogens with zero attached hydrogens (tertiary/aromatic N) is 2. The molecule has 0 amide bonds. The van der Waals surface area contributed by atoms with Crippen LogP contribution in [0, 0.1) is 0 Å². The van der Waals surface area contributed by atoms with E-state index in [9.17, 15) is 0 Å². The van der Waals surface area contributed by atoms with E-state index in [-0.39, 0.29) is 12.0 Å². The Bertz CT molecular complexity index is 2890. The largest absolute Gasteiger partial charge is 0.333 e. The molecule has 7 aromatic carbocycles. The van der Waals surface area contributed by atoms with Crippen molar-refractivity contribution in [2.75, 3.05) is 4.90 Å². The molecule has 2 heteroatoms. The predicted molar refractivity (Wildman–Crippen MR) is 247 cm³/mol. The van der Waals surface area contributed by atoms with Gasteiger partial charge in [0.1, 0.15) is 0 Å². The second-order valence-corrected chi connectivity index (χ2v) is 15.3. The van der Waals surface area contributed by atoms with Crippen LogP contribution in [0.3, 0.4) is 0 Å². The summed E-state index contributed by atoms with van der Waals surface area (Å²) in [4.78, 5) is 2.45. The summed E-state index contributed by atoms with van der Waals surface area (Å²) in [7, 11) is 0. The van der Waals surface area contributed by atoms with Crippen molar-refractivity contribution in [3.63, 3.8) is 0 Å². The van der Waals surface area contributed by atoms with Crippen molar-refractivity contribution in [3.8, 4) is 50.2 Å². The summed E-state index contributed by atoms with van der Waals surface area (Å²) in [6.07, 6.45) is 16.3. The van der Waals surface area contributed by atoms with Crippen LogP contribution in [-0.2, 0) is 6.42 Å². The zero-order valence-corrected chi connectivity index (χ0v) is 32.7. The monoisotopic (exact) mass is 744 g/mol. The number of rotatable bonds is 8. The van der Waals surface area contributed by atoms with E-state index < -0.39 is 0 Å². The number of benzene rings is 7. The minimum absolute atomic E-state index is 0.190. The molecule has 0 radical (unpaired) electrons. The zero-order valence-electron chi connectivity index (χ0n) is 32.7. The second-order valence-electron chi connectivity index (χ2n) is 15.3. The summed E-state index contributed by atoms with van der Waals surface area (Å²) >= 11 is 0. The first-order valence-corrected chi connectivity index (χ1v) is 20.3. The van der Waals surface area contributed by atoms with Crippen LogP contribution < -0.4 is 4.90 Å². The maximum Gasteiger partial charge on any atom is 0.0626 e. The highest BCUT2D eigenvalue weighted by molar-refractivity contribution is 5.91. The maximum absolute atomic E-state index is 4.21. The average molecular weight is 745 g/mol. The minimum atomic E-state index is 0.190. The fourth-order valence-corrected chi connectivity index (χ4v) is 9.13. The molecule has 2 heterocycles. The van der Waals surface area contributed by atoms with Gasteiger partial charge < -0.3 is 9.47 Å². The van der Waals surface area contributed by atoms with E-state index in [2.05, 4.69) is 235 Å². The van der Waals surface area contributed by atoms with Crippen LogP contribution in [-0.4, -0.2) is 10.6 Å². The van der Waals surface area contributed by atoms with Gasteiger partial charge in [-0.15, -0.1) is 6.58 Å².